The topological polar surface area (TPSA) is 75.6 Å². The molecule has 0 fully saturated rings. The van der Waals surface area contributed by atoms with Crippen molar-refractivity contribution >= 4 is 33.0 Å². The molecule has 0 amide bonds. The van der Waals surface area contributed by atoms with Gasteiger partial charge < -0.3 is 0 Å². The number of benzene rings is 1. The molecule has 0 heterocycles. The molecule has 0 aromatic heterocycles. The average molecular weight is 233 g/mol. The molecule has 0 unspecified atom stereocenters. The zero-order valence-corrected chi connectivity index (χ0v) is 8.34. The van der Waals surface area contributed by atoms with Gasteiger partial charge in [-0.25, -0.2) is 0 Å². The lowest BCUT2D eigenvalue weighted by molar-refractivity contribution is 0.108. The number of hydrogen-bond donors (Lipinski definition) is 1. The van der Waals surface area contributed by atoms with Crippen LogP contribution in [0.4, 0.5) is 5.69 Å². The molecule has 7 heteroatoms. The summed E-state index contributed by atoms with van der Waals surface area (Å²) in [5, 5.41) is -0.569. The van der Waals surface area contributed by atoms with E-state index in [9.17, 15) is 13.2 Å². The number of hydrogen-bond acceptors (Lipinski definition) is 4. The smallest absolute Gasteiger partial charge is 0.276 e. The van der Waals surface area contributed by atoms with Gasteiger partial charge in [0, 0.05) is 5.56 Å². The van der Waals surface area contributed by atoms with Crippen molar-refractivity contribution in [3.8, 4) is 0 Å². The first-order valence-corrected chi connectivity index (χ1v) is 4.86. The highest BCUT2D eigenvalue weighted by Crippen LogP contribution is 2.10. The Kier molecular flexibility index (Phi) is 3.61. The van der Waals surface area contributed by atoms with Crippen LogP contribution in [0.5, 0.6) is 0 Å². The summed E-state index contributed by atoms with van der Waals surface area (Å²) in [6.45, 7) is 0. The molecule has 5 nitrogen and oxygen atoms in total. The average Bonchev–Trinajstić information content (AvgIpc) is 2.15. The Bertz CT molecular complexity index is 458. The van der Waals surface area contributed by atoms with Crippen molar-refractivity contribution in [3.05, 3.63) is 29.8 Å². The van der Waals surface area contributed by atoms with Crippen LogP contribution in [0, 0.1) is 0 Å². The summed E-state index contributed by atoms with van der Waals surface area (Å²) in [6.07, 6.45) is 0. The van der Waals surface area contributed by atoms with Gasteiger partial charge in [-0.2, -0.15) is 8.42 Å². The minimum Gasteiger partial charge on any atom is -0.276 e. The van der Waals surface area contributed by atoms with Gasteiger partial charge in [-0.15, -0.1) is 0 Å². The number of nitrogens with one attached hydrogen (secondary N) is 1. The highest BCUT2D eigenvalue weighted by molar-refractivity contribution is 7.61. The lowest BCUT2D eigenvalue weighted by atomic mass is 10.2. The first-order chi connectivity index (χ1) is 6.59. The molecule has 0 radical (unpaired) electrons. The van der Waals surface area contributed by atoms with Crippen LogP contribution in [0.2, 0.25) is 0 Å². The highest BCUT2D eigenvalue weighted by atomic mass is 35.5. The van der Waals surface area contributed by atoms with E-state index in [2.05, 4.69) is 9.90 Å². The van der Waals surface area contributed by atoms with Crippen LogP contribution in [-0.4, -0.2) is 13.7 Å². The Morgan fingerprint density at radius 3 is 2.29 bits per heavy atom. The van der Waals surface area contributed by atoms with E-state index in [1.807, 2.05) is 0 Å². The van der Waals surface area contributed by atoms with Gasteiger partial charge in [-0.05, 0) is 35.9 Å². The minimum atomic E-state index is -2.51. The Morgan fingerprint density at radius 1 is 1.29 bits per heavy atom. The summed E-state index contributed by atoms with van der Waals surface area (Å²) < 4.78 is 23.1. The molecule has 0 atom stereocenters. The third kappa shape index (κ3) is 3.15. The van der Waals surface area contributed by atoms with Crippen LogP contribution < -0.4 is 5.43 Å². The van der Waals surface area contributed by atoms with Crippen molar-refractivity contribution in [2.45, 2.75) is 0 Å². The summed E-state index contributed by atoms with van der Waals surface area (Å²) in [5.74, 6) is 0. The normalized spacial score (nSPS) is 9.21. The number of halogens is 1. The van der Waals surface area contributed by atoms with E-state index in [4.69, 9.17) is 11.6 Å². The maximum atomic E-state index is 10.6. The second kappa shape index (κ2) is 4.73. The quantitative estimate of drug-likeness (QED) is 0.632. The molecule has 74 valence electrons. The predicted octanol–water partition coefficient (Wildman–Crippen LogP) is 1.46. The number of anilines is 1. The van der Waals surface area contributed by atoms with Crippen molar-refractivity contribution < 1.29 is 13.2 Å². The minimum absolute atomic E-state index is 0.334. The summed E-state index contributed by atoms with van der Waals surface area (Å²) in [4.78, 5) is 10.6. The van der Waals surface area contributed by atoms with Crippen LogP contribution in [0.1, 0.15) is 10.4 Å². The fraction of sp³-hybridized carbons (Fsp3) is 0. The fourth-order valence-corrected chi connectivity index (χ4v) is 1.07. The first kappa shape index (κ1) is 10.7. The second-order valence-electron chi connectivity index (χ2n) is 2.27. The molecular formula is C7H5ClN2O3S. The summed E-state index contributed by atoms with van der Waals surface area (Å²) in [7, 11) is -2.51. The highest BCUT2D eigenvalue weighted by Gasteiger charge is 1.99. The maximum absolute atomic E-state index is 10.6. The Morgan fingerprint density at radius 2 is 1.86 bits per heavy atom. The molecule has 0 spiro atoms. The fourth-order valence-electron chi connectivity index (χ4n) is 0.766. The van der Waals surface area contributed by atoms with Gasteiger partial charge in [0.05, 0.1) is 5.69 Å². The van der Waals surface area contributed by atoms with Crippen LogP contribution in [0.15, 0.2) is 28.7 Å². The summed E-state index contributed by atoms with van der Waals surface area (Å²) in [5.41, 5.74) is 3.06. The van der Waals surface area contributed by atoms with Gasteiger partial charge >= 0.3 is 10.5 Å². The summed E-state index contributed by atoms with van der Waals surface area (Å²) in [6, 6.07) is 5.90. The number of carbonyl (C=O) groups excluding carboxylic acids is 1. The molecule has 0 aliphatic carbocycles. The second-order valence-corrected chi connectivity index (χ2v) is 3.23. The van der Waals surface area contributed by atoms with Gasteiger partial charge in [0.25, 0.3) is 5.24 Å². The van der Waals surface area contributed by atoms with Crippen LogP contribution >= 0.6 is 11.6 Å². The molecular weight excluding hydrogens is 228 g/mol. The molecule has 1 aromatic rings. The molecule has 14 heavy (non-hydrogen) atoms. The Labute approximate surface area is 86.4 Å². The summed E-state index contributed by atoms with van der Waals surface area (Å²) >= 11 is 5.20. The molecule has 0 saturated heterocycles. The van der Waals surface area contributed by atoms with E-state index < -0.39 is 15.7 Å². The number of nitrogens with zero attached hydrogens (tertiary/aromatic N) is 1. The molecule has 1 aromatic carbocycles. The van der Waals surface area contributed by atoms with Crippen LogP contribution in [0.25, 0.3) is 0 Å². The lowest BCUT2D eigenvalue weighted by Gasteiger charge is -1.97. The van der Waals surface area contributed by atoms with Crippen LogP contribution in [-0.2, 0) is 10.5 Å². The molecule has 0 bridgehead atoms. The Balaban J connectivity index is 2.84. The lowest BCUT2D eigenvalue weighted by Crippen LogP contribution is -1.90. The third-order valence-electron chi connectivity index (χ3n) is 1.36. The zero-order valence-electron chi connectivity index (χ0n) is 6.77. The molecule has 1 N–H and O–H groups in total. The standard InChI is InChI=1S/C7H5ClN2O3S/c8-7(11)5-1-3-6(4-2-5)9-10-14(12)13/h1-4,9H. The number of carbonyl (C=O) groups is 1. The zero-order chi connectivity index (χ0) is 10.6. The van der Waals surface area contributed by atoms with E-state index >= 15 is 0 Å². The van der Waals surface area contributed by atoms with Gasteiger partial charge in [-0.3, -0.25) is 10.2 Å². The van der Waals surface area contributed by atoms with Gasteiger partial charge in [-0.1, -0.05) is 4.47 Å². The van der Waals surface area contributed by atoms with Crippen LogP contribution in [0.3, 0.4) is 0 Å². The van der Waals surface area contributed by atoms with Gasteiger partial charge in [0.1, 0.15) is 0 Å². The van der Waals surface area contributed by atoms with E-state index in [-0.39, 0.29) is 0 Å². The van der Waals surface area contributed by atoms with Gasteiger partial charge in [0.15, 0.2) is 0 Å². The monoisotopic (exact) mass is 232 g/mol. The van der Waals surface area contributed by atoms with Crippen molar-refractivity contribution in [2.24, 2.45) is 4.47 Å². The van der Waals surface area contributed by atoms with Crippen molar-refractivity contribution in [2.75, 3.05) is 5.43 Å². The SMILES string of the molecule is O=C(Cl)c1ccc(NN=S(=O)=O)cc1. The van der Waals surface area contributed by atoms with Crippen molar-refractivity contribution in [1.29, 1.82) is 0 Å². The van der Waals surface area contributed by atoms with E-state index in [0.717, 1.165) is 0 Å². The van der Waals surface area contributed by atoms with Crippen molar-refractivity contribution in [3.63, 3.8) is 0 Å². The van der Waals surface area contributed by atoms with E-state index in [1.54, 1.807) is 0 Å². The molecule has 0 saturated carbocycles. The largest absolute Gasteiger partial charge is 0.332 e. The first-order valence-electron chi connectivity index (χ1n) is 3.45. The molecule has 0 aliphatic rings. The van der Waals surface area contributed by atoms with E-state index in [0.29, 0.717) is 11.3 Å². The number of rotatable bonds is 3. The third-order valence-corrected chi connectivity index (χ3v) is 1.82. The Hall–Kier alpha value is -1.40. The molecule has 1 rings (SSSR count). The van der Waals surface area contributed by atoms with E-state index in [1.165, 1.54) is 24.3 Å². The van der Waals surface area contributed by atoms with Crippen molar-refractivity contribution in [1.82, 2.24) is 0 Å². The van der Waals surface area contributed by atoms with Gasteiger partial charge in [0.2, 0.25) is 0 Å². The molecule has 0 aliphatic heterocycles. The predicted molar refractivity (Wildman–Crippen MR) is 51.6 cm³/mol. The maximum Gasteiger partial charge on any atom is 0.332 e.